The molecule has 0 unspecified atom stereocenters. The van der Waals surface area contributed by atoms with Gasteiger partial charge in [0.15, 0.2) is 0 Å². The minimum absolute atomic E-state index is 0.265. The van der Waals surface area contributed by atoms with Crippen molar-refractivity contribution >= 4 is 29.0 Å². The second-order valence-electron chi connectivity index (χ2n) is 3.29. The highest BCUT2D eigenvalue weighted by Gasteiger charge is 2.07. The van der Waals surface area contributed by atoms with Gasteiger partial charge in [0.1, 0.15) is 11.5 Å². The molecule has 1 amide bonds. The van der Waals surface area contributed by atoms with Crippen molar-refractivity contribution in [2.75, 3.05) is 11.1 Å². The lowest BCUT2D eigenvalue weighted by atomic mass is 10.3. The average molecular weight is 249 g/mol. The third-order valence-electron chi connectivity index (χ3n) is 1.98. The average Bonchev–Trinajstić information content (AvgIpc) is 2.29. The molecule has 0 saturated heterocycles. The summed E-state index contributed by atoms with van der Waals surface area (Å²) >= 11 is 5.77. The van der Waals surface area contributed by atoms with Crippen molar-refractivity contribution in [3.8, 4) is 0 Å². The molecule has 86 valence electrons. The lowest BCUT2D eigenvalue weighted by molar-refractivity contribution is 0.102. The van der Waals surface area contributed by atoms with E-state index in [9.17, 15) is 4.79 Å². The maximum atomic E-state index is 11.7. The minimum atomic E-state index is -0.361. The lowest BCUT2D eigenvalue weighted by Gasteiger charge is -2.03. The van der Waals surface area contributed by atoms with Gasteiger partial charge in [0.25, 0.3) is 5.91 Å². The number of hydrogen-bond acceptors (Lipinski definition) is 4. The molecule has 2 aromatic heterocycles. The van der Waals surface area contributed by atoms with Crippen LogP contribution < -0.4 is 11.1 Å². The van der Waals surface area contributed by atoms with Crippen LogP contribution in [0.2, 0.25) is 5.02 Å². The molecule has 0 aliphatic rings. The Bertz CT molecular complexity index is 541. The van der Waals surface area contributed by atoms with Gasteiger partial charge in [-0.25, -0.2) is 9.97 Å². The molecular formula is C11H9ClN4O. The Balaban J connectivity index is 2.14. The molecule has 0 atom stereocenters. The van der Waals surface area contributed by atoms with E-state index in [1.807, 2.05) is 0 Å². The van der Waals surface area contributed by atoms with Gasteiger partial charge in [0.2, 0.25) is 0 Å². The van der Waals surface area contributed by atoms with Crippen LogP contribution in [-0.2, 0) is 0 Å². The van der Waals surface area contributed by atoms with E-state index < -0.39 is 0 Å². The van der Waals surface area contributed by atoms with Gasteiger partial charge in [-0.05, 0) is 24.3 Å². The fourth-order valence-electron chi connectivity index (χ4n) is 1.19. The Labute approximate surface area is 103 Å². The van der Waals surface area contributed by atoms with Crippen molar-refractivity contribution in [2.24, 2.45) is 0 Å². The van der Waals surface area contributed by atoms with Crippen molar-refractivity contribution in [2.45, 2.75) is 0 Å². The van der Waals surface area contributed by atoms with Gasteiger partial charge in [0.05, 0.1) is 11.9 Å². The minimum Gasteiger partial charge on any atom is -0.397 e. The van der Waals surface area contributed by atoms with E-state index in [0.717, 1.165) is 0 Å². The molecule has 0 radical (unpaired) electrons. The molecule has 2 aromatic rings. The standard InChI is InChI=1S/C11H9ClN4O/c12-7-3-4-14-10(5-7)16-11(17)9-2-1-8(13)6-15-9/h1-6H,13H2,(H,14,16,17). The molecule has 0 saturated carbocycles. The second kappa shape index (κ2) is 4.80. The van der Waals surface area contributed by atoms with Crippen molar-refractivity contribution in [3.63, 3.8) is 0 Å². The number of nitrogen functional groups attached to an aromatic ring is 1. The van der Waals surface area contributed by atoms with Crippen LogP contribution in [0, 0.1) is 0 Å². The van der Waals surface area contributed by atoms with Crippen LogP contribution in [0.15, 0.2) is 36.7 Å². The molecule has 5 nitrogen and oxygen atoms in total. The Kier molecular flexibility index (Phi) is 3.20. The number of aromatic nitrogens is 2. The third kappa shape index (κ3) is 2.92. The number of nitrogens with one attached hydrogen (secondary N) is 1. The molecule has 0 aliphatic heterocycles. The van der Waals surface area contributed by atoms with Crippen LogP contribution in [0.3, 0.4) is 0 Å². The SMILES string of the molecule is Nc1ccc(C(=O)Nc2cc(Cl)ccn2)nc1. The zero-order valence-corrected chi connectivity index (χ0v) is 9.48. The number of amides is 1. The zero-order chi connectivity index (χ0) is 12.3. The van der Waals surface area contributed by atoms with Gasteiger partial charge in [-0.15, -0.1) is 0 Å². The fraction of sp³-hybridized carbons (Fsp3) is 0. The summed E-state index contributed by atoms with van der Waals surface area (Å²) in [5.74, 6) is 0.0147. The van der Waals surface area contributed by atoms with Gasteiger partial charge in [-0.3, -0.25) is 4.79 Å². The molecule has 0 aromatic carbocycles. The van der Waals surface area contributed by atoms with E-state index in [1.54, 1.807) is 18.2 Å². The number of hydrogen-bond donors (Lipinski definition) is 2. The van der Waals surface area contributed by atoms with E-state index in [0.29, 0.717) is 16.5 Å². The van der Waals surface area contributed by atoms with Crippen LogP contribution in [0.5, 0.6) is 0 Å². The van der Waals surface area contributed by atoms with Crippen molar-refractivity contribution in [3.05, 3.63) is 47.4 Å². The molecule has 0 spiro atoms. The lowest BCUT2D eigenvalue weighted by Crippen LogP contribution is -2.14. The quantitative estimate of drug-likeness (QED) is 0.851. The summed E-state index contributed by atoms with van der Waals surface area (Å²) in [5, 5.41) is 3.08. The highest BCUT2D eigenvalue weighted by Crippen LogP contribution is 2.12. The molecule has 0 aliphatic carbocycles. The number of nitrogens with two attached hydrogens (primary N) is 1. The van der Waals surface area contributed by atoms with E-state index in [-0.39, 0.29) is 11.6 Å². The van der Waals surface area contributed by atoms with Crippen molar-refractivity contribution < 1.29 is 4.79 Å². The van der Waals surface area contributed by atoms with Gasteiger partial charge >= 0.3 is 0 Å². The molecule has 3 N–H and O–H groups in total. The van der Waals surface area contributed by atoms with Crippen molar-refractivity contribution in [1.29, 1.82) is 0 Å². The van der Waals surface area contributed by atoms with Gasteiger partial charge in [-0.2, -0.15) is 0 Å². The number of nitrogens with zero attached hydrogens (tertiary/aromatic N) is 2. The summed E-state index contributed by atoms with van der Waals surface area (Å²) in [6.07, 6.45) is 2.93. The van der Waals surface area contributed by atoms with E-state index in [1.165, 1.54) is 18.5 Å². The maximum absolute atomic E-state index is 11.7. The Morgan fingerprint density at radius 2 is 2.12 bits per heavy atom. The van der Waals surface area contributed by atoms with Gasteiger partial charge in [-0.1, -0.05) is 11.6 Å². The molecular weight excluding hydrogens is 240 g/mol. The van der Waals surface area contributed by atoms with Gasteiger partial charge in [0, 0.05) is 11.2 Å². The molecule has 17 heavy (non-hydrogen) atoms. The topological polar surface area (TPSA) is 80.9 Å². The van der Waals surface area contributed by atoms with E-state index in [4.69, 9.17) is 17.3 Å². The van der Waals surface area contributed by atoms with Crippen LogP contribution >= 0.6 is 11.6 Å². The summed E-state index contributed by atoms with van der Waals surface area (Å²) in [4.78, 5) is 19.6. The largest absolute Gasteiger partial charge is 0.397 e. The summed E-state index contributed by atoms with van der Waals surface area (Å²) < 4.78 is 0. The van der Waals surface area contributed by atoms with Crippen LogP contribution in [0.1, 0.15) is 10.5 Å². The highest BCUT2D eigenvalue weighted by molar-refractivity contribution is 6.30. The summed E-state index contributed by atoms with van der Waals surface area (Å²) in [6, 6.07) is 6.32. The predicted octanol–water partition coefficient (Wildman–Crippen LogP) is 1.96. The molecule has 2 heterocycles. The normalized spacial score (nSPS) is 9.94. The zero-order valence-electron chi connectivity index (χ0n) is 8.72. The first-order valence-electron chi connectivity index (χ1n) is 4.79. The Morgan fingerprint density at radius 1 is 1.29 bits per heavy atom. The first-order valence-corrected chi connectivity index (χ1v) is 5.17. The highest BCUT2D eigenvalue weighted by atomic mass is 35.5. The molecule has 0 fully saturated rings. The molecule has 0 bridgehead atoms. The summed E-state index contributed by atoms with van der Waals surface area (Å²) in [7, 11) is 0. The first kappa shape index (κ1) is 11.3. The monoisotopic (exact) mass is 248 g/mol. The molecule has 6 heteroatoms. The van der Waals surface area contributed by atoms with Crippen LogP contribution in [0.4, 0.5) is 11.5 Å². The maximum Gasteiger partial charge on any atom is 0.275 e. The number of rotatable bonds is 2. The van der Waals surface area contributed by atoms with Crippen molar-refractivity contribution in [1.82, 2.24) is 9.97 Å². The number of anilines is 2. The first-order chi connectivity index (χ1) is 8.15. The summed E-state index contributed by atoms with van der Waals surface area (Å²) in [6.45, 7) is 0. The molecule has 2 rings (SSSR count). The smallest absolute Gasteiger partial charge is 0.275 e. The predicted molar refractivity (Wildman–Crippen MR) is 65.8 cm³/mol. The third-order valence-corrected chi connectivity index (χ3v) is 2.22. The van der Waals surface area contributed by atoms with E-state index >= 15 is 0 Å². The number of carbonyl (C=O) groups is 1. The number of carbonyl (C=O) groups excluding carboxylic acids is 1. The Hall–Kier alpha value is -2.14. The fourth-order valence-corrected chi connectivity index (χ4v) is 1.35. The number of pyridine rings is 2. The van der Waals surface area contributed by atoms with E-state index in [2.05, 4.69) is 15.3 Å². The summed E-state index contributed by atoms with van der Waals surface area (Å²) in [5.41, 5.74) is 6.24. The van der Waals surface area contributed by atoms with Crippen LogP contribution in [-0.4, -0.2) is 15.9 Å². The number of halogens is 1. The Morgan fingerprint density at radius 3 is 2.76 bits per heavy atom. The second-order valence-corrected chi connectivity index (χ2v) is 3.73. The van der Waals surface area contributed by atoms with Gasteiger partial charge < -0.3 is 11.1 Å². The van der Waals surface area contributed by atoms with Crippen LogP contribution in [0.25, 0.3) is 0 Å².